The maximum absolute atomic E-state index is 13.4. The minimum Gasteiger partial charge on any atom is -0.342 e. The summed E-state index contributed by atoms with van der Waals surface area (Å²) in [5.74, 6) is -0.327. The third-order valence-electron chi connectivity index (χ3n) is 3.08. The third kappa shape index (κ3) is 3.19. The van der Waals surface area contributed by atoms with E-state index in [9.17, 15) is 9.18 Å². The number of nitrogens with zero attached hydrogens (tertiary/aromatic N) is 1. The summed E-state index contributed by atoms with van der Waals surface area (Å²) < 4.78 is 13.4. The molecule has 1 aliphatic rings. The van der Waals surface area contributed by atoms with Gasteiger partial charge in [0.05, 0.1) is 6.42 Å². The lowest BCUT2D eigenvalue weighted by Gasteiger charge is -2.29. The van der Waals surface area contributed by atoms with Crippen LogP contribution in [-0.4, -0.2) is 29.3 Å². The van der Waals surface area contributed by atoms with E-state index in [4.69, 9.17) is 11.6 Å². The van der Waals surface area contributed by atoms with Crippen LogP contribution < -0.4 is 0 Å². The maximum atomic E-state index is 13.4. The maximum Gasteiger partial charge on any atom is 0.227 e. The number of carbonyl (C=O) groups is 1. The molecular formula is C13H15ClFNO. The molecule has 0 aliphatic carbocycles. The van der Waals surface area contributed by atoms with Crippen LogP contribution in [0.5, 0.6) is 0 Å². The Labute approximate surface area is 105 Å². The molecule has 0 unspecified atom stereocenters. The highest BCUT2D eigenvalue weighted by molar-refractivity contribution is 6.20. The zero-order chi connectivity index (χ0) is 12.3. The average Bonchev–Trinajstić information content (AvgIpc) is 2.33. The first-order valence-corrected chi connectivity index (χ1v) is 6.25. The molecule has 0 radical (unpaired) electrons. The quantitative estimate of drug-likeness (QED) is 0.744. The number of amides is 1. The van der Waals surface area contributed by atoms with Crippen molar-refractivity contribution < 1.29 is 9.18 Å². The summed E-state index contributed by atoms with van der Waals surface area (Å²) in [5, 5.41) is 0.174. The molecule has 1 amide bonds. The van der Waals surface area contributed by atoms with Gasteiger partial charge in [-0.3, -0.25) is 4.79 Å². The van der Waals surface area contributed by atoms with Gasteiger partial charge in [0.15, 0.2) is 0 Å². The molecular weight excluding hydrogens is 241 g/mol. The fourth-order valence-corrected chi connectivity index (χ4v) is 2.21. The normalized spacial score (nSPS) is 17.2. The number of benzene rings is 1. The molecule has 1 heterocycles. The first kappa shape index (κ1) is 12.4. The van der Waals surface area contributed by atoms with Crippen molar-refractivity contribution >= 4 is 17.5 Å². The van der Waals surface area contributed by atoms with Gasteiger partial charge in [-0.15, -0.1) is 11.6 Å². The van der Waals surface area contributed by atoms with Crippen molar-refractivity contribution in [1.82, 2.24) is 4.90 Å². The van der Waals surface area contributed by atoms with Gasteiger partial charge in [0.1, 0.15) is 5.82 Å². The van der Waals surface area contributed by atoms with Crippen molar-refractivity contribution in [3.05, 3.63) is 35.6 Å². The highest BCUT2D eigenvalue weighted by Gasteiger charge is 2.21. The van der Waals surface area contributed by atoms with Gasteiger partial charge in [-0.25, -0.2) is 4.39 Å². The number of hydrogen-bond acceptors (Lipinski definition) is 1. The van der Waals surface area contributed by atoms with E-state index in [1.165, 1.54) is 6.07 Å². The predicted molar refractivity (Wildman–Crippen MR) is 65.6 cm³/mol. The summed E-state index contributed by atoms with van der Waals surface area (Å²) in [5.41, 5.74) is 0.463. The molecule has 1 aromatic carbocycles. The number of alkyl halides is 1. The van der Waals surface area contributed by atoms with Crippen LogP contribution in [0.2, 0.25) is 0 Å². The van der Waals surface area contributed by atoms with Crippen LogP contribution in [0.4, 0.5) is 4.39 Å². The Morgan fingerprint density at radius 2 is 2.00 bits per heavy atom. The third-order valence-corrected chi connectivity index (χ3v) is 3.51. The van der Waals surface area contributed by atoms with Crippen LogP contribution >= 0.6 is 11.6 Å². The van der Waals surface area contributed by atoms with Crippen molar-refractivity contribution in [3.63, 3.8) is 0 Å². The van der Waals surface area contributed by atoms with Crippen LogP contribution in [0.25, 0.3) is 0 Å². The van der Waals surface area contributed by atoms with Gasteiger partial charge in [0.2, 0.25) is 5.91 Å². The lowest BCUT2D eigenvalue weighted by atomic mass is 10.1. The fourth-order valence-electron chi connectivity index (χ4n) is 2.01. The van der Waals surface area contributed by atoms with E-state index < -0.39 is 0 Å². The Morgan fingerprint density at radius 1 is 1.35 bits per heavy atom. The second-order valence-corrected chi connectivity index (χ2v) is 4.94. The zero-order valence-corrected chi connectivity index (χ0v) is 10.3. The molecule has 0 saturated carbocycles. The molecule has 1 fully saturated rings. The number of rotatable bonds is 2. The summed E-state index contributed by atoms with van der Waals surface area (Å²) in [6.45, 7) is 1.36. The molecule has 0 bridgehead atoms. The first-order valence-electron chi connectivity index (χ1n) is 5.82. The molecule has 0 spiro atoms. The largest absolute Gasteiger partial charge is 0.342 e. The van der Waals surface area contributed by atoms with Crippen LogP contribution in [0.1, 0.15) is 18.4 Å². The van der Waals surface area contributed by atoms with Crippen LogP contribution in [-0.2, 0) is 11.2 Å². The van der Waals surface area contributed by atoms with Crippen molar-refractivity contribution in [2.45, 2.75) is 24.6 Å². The van der Waals surface area contributed by atoms with E-state index in [0.29, 0.717) is 18.7 Å². The van der Waals surface area contributed by atoms with Gasteiger partial charge >= 0.3 is 0 Å². The van der Waals surface area contributed by atoms with Crippen molar-refractivity contribution in [2.24, 2.45) is 0 Å². The summed E-state index contributed by atoms with van der Waals surface area (Å²) >= 11 is 5.97. The van der Waals surface area contributed by atoms with Gasteiger partial charge in [-0.05, 0) is 24.5 Å². The number of piperidine rings is 1. The minimum atomic E-state index is -0.312. The van der Waals surface area contributed by atoms with E-state index in [-0.39, 0.29) is 23.5 Å². The Balaban J connectivity index is 1.95. The molecule has 1 aromatic rings. The number of likely N-dealkylation sites (tertiary alicyclic amines) is 1. The van der Waals surface area contributed by atoms with Crippen LogP contribution in [0.3, 0.4) is 0 Å². The summed E-state index contributed by atoms with van der Waals surface area (Å²) in [6.07, 6.45) is 1.79. The molecule has 1 saturated heterocycles. The molecule has 92 valence electrons. The van der Waals surface area contributed by atoms with Crippen LogP contribution in [0.15, 0.2) is 24.3 Å². The SMILES string of the molecule is O=C(Cc1ccccc1F)N1CCC(Cl)CC1. The van der Waals surface area contributed by atoms with Crippen molar-refractivity contribution in [1.29, 1.82) is 0 Å². The van der Waals surface area contributed by atoms with E-state index >= 15 is 0 Å². The van der Waals surface area contributed by atoms with E-state index in [1.807, 2.05) is 0 Å². The average molecular weight is 256 g/mol. The standard InChI is InChI=1S/C13H15ClFNO/c14-11-5-7-16(8-6-11)13(17)9-10-3-1-2-4-12(10)15/h1-4,11H,5-9H2. The lowest BCUT2D eigenvalue weighted by Crippen LogP contribution is -2.39. The van der Waals surface area contributed by atoms with E-state index in [2.05, 4.69) is 0 Å². The number of hydrogen-bond donors (Lipinski definition) is 0. The number of halogens is 2. The highest BCUT2D eigenvalue weighted by Crippen LogP contribution is 2.17. The van der Waals surface area contributed by atoms with Gasteiger partial charge in [-0.2, -0.15) is 0 Å². The molecule has 0 atom stereocenters. The molecule has 1 aliphatic heterocycles. The molecule has 17 heavy (non-hydrogen) atoms. The molecule has 2 nitrogen and oxygen atoms in total. The first-order chi connectivity index (χ1) is 8.16. The monoisotopic (exact) mass is 255 g/mol. The molecule has 0 N–H and O–H groups in total. The zero-order valence-electron chi connectivity index (χ0n) is 9.53. The van der Waals surface area contributed by atoms with Gasteiger partial charge in [0, 0.05) is 18.5 Å². The van der Waals surface area contributed by atoms with Crippen molar-refractivity contribution in [3.8, 4) is 0 Å². The Bertz CT molecular complexity index is 402. The summed E-state index contributed by atoms with van der Waals surface area (Å²) in [4.78, 5) is 13.7. The van der Waals surface area contributed by atoms with Gasteiger partial charge in [0.25, 0.3) is 0 Å². The topological polar surface area (TPSA) is 20.3 Å². The molecule has 2 rings (SSSR count). The van der Waals surface area contributed by atoms with E-state index in [0.717, 1.165) is 12.8 Å². The Morgan fingerprint density at radius 3 is 2.65 bits per heavy atom. The fraction of sp³-hybridized carbons (Fsp3) is 0.462. The smallest absolute Gasteiger partial charge is 0.227 e. The second kappa shape index (κ2) is 5.50. The van der Waals surface area contributed by atoms with Crippen LogP contribution in [0, 0.1) is 5.82 Å². The summed E-state index contributed by atoms with van der Waals surface area (Å²) in [6, 6.07) is 6.41. The molecule has 4 heteroatoms. The molecule has 0 aromatic heterocycles. The second-order valence-electron chi connectivity index (χ2n) is 4.32. The summed E-state index contributed by atoms with van der Waals surface area (Å²) in [7, 11) is 0. The Kier molecular flexibility index (Phi) is 4.00. The van der Waals surface area contributed by atoms with Crippen molar-refractivity contribution in [2.75, 3.05) is 13.1 Å². The van der Waals surface area contributed by atoms with Gasteiger partial charge in [-0.1, -0.05) is 18.2 Å². The van der Waals surface area contributed by atoms with E-state index in [1.54, 1.807) is 23.1 Å². The number of carbonyl (C=O) groups excluding carboxylic acids is 1. The van der Waals surface area contributed by atoms with Gasteiger partial charge < -0.3 is 4.90 Å². The lowest BCUT2D eigenvalue weighted by molar-refractivity contribution is -0.131. The Hall–Kier alpha value is -1.09. The highest BCUT2D eigenvalue weighted by atomic mass is 35.5. The predicted octanol–water partition coefficient (Wildman–Crippen LogP) is 2.60. The minimum absolute atomic E-state index is 0.0151.